The van der Waals surface area contributed by atoms with Crippen LogP contribution in [0.4, 0.5) is 5.69 Å². The first-order chi connectivity index (χ1) is 12.3. The maximum Gasteiger partial charge on any atom is 0.191 e. The molecule has 154 valence electrons. The average molecular weight is 571 g/mol. The zero-order chi connectivity index (χ0) is 19.2. The van der Waals surface area contributed by atoms with Gasteiger partial charge in [0.25, 0.3) is 0 Å². The van der Waals surface area contributed by atoms with Crippen LogP contribution >= 0.6 is 39.9 Å². The third-order valence-corrected chi connectivity index (χ3v) is 6.89. The minimum atomic E-state index is -0.871. The van der Waals surface area contributed by atoms with Crippen LogP contribution in [-0.2, 0) is 10.8 Å². The molecule has 1 aromatic carbocycles. The van der Waals surface area contributed by atoms with Crippen LogP contribution in [0.3, 0.4) is 0 Å². The summed E-state index contributed by atoms with van der Waals surface area (Å²) in [6, 6.07) is 8.69. The largest absolute Gasteiger partial charge is 0.368 e. The molecule has 1 heterocycles. The van der Waals surface area contributed by atoms with Crippen LogP contribution in [0.5, 0.6) is 0 Å². The molecule has 2 rings (SSSR count). The molecule has 0 aromatic heterocycles. The molecule has 0 bridgehead atoms. The molecule has 0 amide bonds. The molecule has 27 heavy (non-hydrogen) atoms. The summed E-state index contributed by atoms with van der Waals surface area (Å²) in [6.07, 6.45) is 1.07. The van der Waals surface area contributed by atoms with E-state index in [1.807, 2.05) is 26.8 Å². The number of anilines is 1. The summed E-state index contributed by atoms with van der Waals surface area (Å²) in [7, 11) is -0.871. The Hall–Kier alpha value is -0.350. The van der Waals surface area contributed by atoms with Crippen LogP contribution < -0.4 is 15.5 Å². The molecule has 2 atom stereocenters. The van der Waals surface area contributed by atoms with E-state index in [2.05, 4.69) is 61.6 Å². The molecule has 0 spiro atoms. The Morgan fingerprint density at radius 2 is 2.07 bits per heavy atom. The van der Waals surface area contributed by atoms with Crippen molar-refractivity contribution >= 4 is 62.4 Å². The number of benzene rings is 1. The van der Waals surface area contributed by atoms with E-state index in [9.17, 15) is 4.21 Å². The van der Waals surface area contributed by atoms with E-state index >= 15 is 0 Å². The molecular weight excluding hydrogens is 539 g/mol. The molecule has 1 fully saturated rings. The molecular formula is C19H32BrIN4OS. The van der Waals surface area contributed by atoms with Crippen LogP contribution in [-0.4, -0.2) is 52.9 Å². The Kier molecular flexibility index (Phi) is 10.6. The first kappa shape index (κ1) is 24.7. The van der Waals surface area contributed by atoms with Gasteiger partial charge < -0.3 is 15.5 Å². The average Bonchev–Trinajstić information content (AvgIpc) is 3.02. The van der Waals surface area contributed by atoms with Gasteiger partial charge in [-0.25, -0.2) is 0 Å². The number of nitrogens with one attached hydrogen (secondary N) is 2. The zero-order valence-electron chi connectivity index (χ0n) is 16.6. The van der Waals surface area contributed by atoms with E-state index < -0.39 is 10.8 Å². The van der Waals surface area contributed by atoms with Crippen molar-refractivity contribution in [3.63, 3.8) is 0 Å². The molecule has 1 aliphatic heterocycles. The summed E-state index contributed by atoms with van der Waals surface area (Å²) in [4.78, 5) is 7.01. The Balaban J connectivity index is 0.00000364. The van der Waals surface area contributed by atoms with Crippen LogP contribution in [0.25, 0.3) is 0 Å². The molecule has 1 saturated heterocycles. The molecule has 5 nitrogen and oxygen atoms in total. The van der Waals surface area contributed by atoms with Crippen molar-refractivity contribution in [1.82, 2.24) is 10.6 Å². The van der Waals surface area contributed by atoms with E-state index in [4.69, 9.17) is 0 Å². The molecule has 8 heteroatoms. The van der Waals surface area contributed by atoms with Crippen molar-refractivity contribution in [2.45, 2.75) is 44.9 Å². The summed E-state index contributed by atoms with van der Waals surface area (Å²) < 4.78 is 13.1. The number of aliphatic imine (C=N–C) groups is 1. The van der Waals surface area contributed by atoms with Crippen molar-refractivity contribution in [3.8, 4) is 0 Å². The summed E-state index contributed by atoms with van der Waals surface area (Å²) in [5.74, 6) is 1.41. The molecule has 0 aliphatic carbocycles. The number of rotatable bonds is 6. The highest BCUT2D eigenvalue weighted by atomic mass is 127. The number of halogens is 2. The van der Waals surface area contributed by atoms with Gasteiger partial charge in [-0.05, 0) is 62.2 Å². The van der Waals surface area contributed by atoms with Gasteiger partial charge in [0, 0.05) is 51.4 Å². The second-order valence-electron chi connectivity index (χ2n) is 7.45. The topological polar surface area (TPSA) is 56.7 Å². The third-order valence-electron chi connectivity index (χ3n) is 4.30. The van der Waals surface area contributed by atoms with E-state index in [1.165, 1.54) is 5.69 Å². The number of hydrogen-bond acceptors (Lipinski definition) is 3. The Morgan fingerprint density at radius 1 is 1.37 bits per heavy atom. The Labute approximate surface area is 191 Å². The maximum atomic E-state index is 12.2. The fourth-order valence-electron chi connectivity index (χ4n) is 2.86. The standard InChI is InChI=1S/C19H31BrN4OS.HI/c1-5-21-18(22-11-13-26(25)19(2,3)4)23-15-10-12-24(14-15)17-9-7-6-8-16(17)20;/h6-9,15H,5,10-14H2,1-4H3,(H2,21,22,23);1H. The van der Waals surface area contributed by atoms with Gasteiger partial charge >= 0.3 is 0 Å². The number of para-hydroxylation sites is 1. The lowest BCUT2D eigenvalue weighted by Gasteiger charge is -2.21. The lowest BCUT2D eigenvalue weighted by molar-refractivity contribution is 0.644. The van der Waals surface area contributed by atoms with E-state index in [0.717, 1.165) is 36.5 Å². The smallest absolute Gasteiger partial charge is 0.191 e. The van der Waals surface area contributed by atoms with Crippen molar-refractivity contribution in [2.24, 2.45) is 4.99 Å². The van der Waals surface area contributed by atoms with Gasteiger partial charge in [0.2, 0.25) is 0 Å². The van der Waals surface area contributed by atoms with Gasteiger partial charge in [0.1, 0.15) is 0 Å². The lowest BCUT2D eigenvalue weighted by Crippen LogP contribution is -2.45. The summed E-state index contributed by atoms with van der Waals surface area (Å²) in [5, 5.41) is 6.83. The van der Waals surface area contributed by atoms with Gasteiger partial charge in [-0.3, -0.25) is 9.20 Å². The zero-order valence-corrected chi connectivity index (χ0v) is 21.4. The van der Waals surface area contributed by atoms with Gasteiger partial charge in [-0.15, -0.1) is 24.0 Å². The van der Waals surface area contributed by atoms with Gasteiger partial charge in [0.05, 0.1) is 12.2 Å². The van der Waals surface area contributed by atoms with E-state index in [-0.39, 0.29) is 28.7 Å². The summed E-state index contributed by atoms with van der Waals surface area (Å²) in [6.45, 7) is 11.4. The second-order valence-corrected chi connectivity index (χ2v) is 10.6. The first-order valence-corrected chi connectivity index (χ1v) is 11.3. The van der Waals surface area contributed by atoms with Crippen LogP contribution in [0, 0.1) is 0 Å². The SMILES string of the molecule is CCNC(=NCCS(=O)C(C)(C)C)NC1CCN(c2ccccc2Br)C1.I. The highest BCUT2D eigenvalue weighted by Gasteiger charge is 2.24. The van der Waals surface area contributed by atoms with Crippen molar-refractivity contribution in [1.29, 1.82) is 0 Å². The number of hydrogen-bond donors (Lipinski definition) is 2. The monoisotopic (exact) mass is 570 g/mol. The van der Waals surface area contributed by atoms with Gasteiger partial charge in [-0.1, -0.05) is 12.1 Å². The fourth-order valence-corrected chi connectivity index (χ4v) is 4.27. The van der Waals surface area contributed by atoms with Gasteiger partial charge in [-0.2, -0.15) is 0 Å². The van der Waals surface area contributed by atoms with Crippen molar-refractivity contribution < 1.29 is 4.21 Å². The highest BCUT2D eigenvalue weighted by molar-refractivity contribution is 14.0. The number of guanidine groups is 1. The Bertz CT molecular complexity index is 651. The lowest BCUT2D eigenvalue weighted by atomic mass is 10.3. The van der Waals surface area contributed by atoms with Crippen molar-refractivity contribution in [3.05, 3.63) is 28.7 Å². The van der Waals surface area contributed by atoms with Crippen LogP contribution in [0.15, 0.2) is 33.7 Å². The fraction of sp³-hybridized carbons (Fsp3) is 0.632. The maximum absolute atomic E-state index is 12.2. The number of nitrogens with zero attached hydrogens (tertiary/aromatic N) is 2. The van der Waals surface area contributed by atoms with Gasteiger partial charge in [0.15, 0.2) is 5.96 Å². The van der Waals surface area contributed by atoms with E-state index in [1.54, 1.807) is 0 Å². The highest BCUT2D eigenvalue weighted by Crippen LogP contribution is 2.28. The summed E-state index contributed by atoms with van der Waals surface area (Å²) in [5.41, 5.74) is 1.24. The first-order valence-electron chi connectivity index (χ1n) is 9.24. The molecule has 1 aromatic rings. The molecule has 2 N–H and O–H groups in total. The Morgan fingerprint density at radius 3 is 2.70 bits per heavy atom. The van der Waals surface area contributed by atoms with Crippen molar-refractivity contribution in [2.75, 3.05) is 36.8 Å². The van der Waals surface area contributed by atoms with Crippen LogP contribution in [0.2, 0.25) is 0 Å². The van der Waals surface area contributed by atoms with E-state index in [0.29, 0.717) is 18.3 Å². The molecule has 0 saturated carbocycles. The minimum Gasteiger partial charge on any atom is -0.368 e. The third kappa shape index (κ3) is 7.89. The normalized spacial score (nSPS) is 18.8. The minimum absolute atomic E-state index is 0. The molecule has 2 unspecified atom stereocenters. The molecule has 0 radical (unpaired) electrons. The quantitative estimate of drug-likeness (QED) is 0.311. The van der Waals surface area contributed by atoms with Crippen LogP contribution in [0.1, 0.15) is 34.1 Å². The predicted molar refractivity (Wildman–Crippen MR) is 132 cm³/mol. The predicted octanol–water partition coefficient (Wildman–Crippen LogP) is 3.75. The molecule has 1 aliphatic rings. The summed E-state index contributed by atoms with van der Waals surface area (Å²) >= 11 is 3.64. The second kappa shape index (κ2) is 11.6.